The zero-order valence-electron chi connectivity index (χ0n) is 12.2. The van der Waals surface area contributed by atoms with E-state index >= 15 is 0 Å². The number of anilines is 1. The highest BCUT2D eigenvalue weighted by molar-refractivity contribution is 5.99. The van der Waals surface area contributed by atoms with Crippen LogP contribution in [-0.4, -0.2) is 43.6 Å². The van der Waals surface area contributed by atoms with E-state index in [1.54, 1.807) is 25.3 Å². The summed E-state index contributed by atoms with van der Waals surface area (Å²) in [7, 11) is 1.58. The number of methoxy groups -OCH3 is 1. The predicted molar refractivity (Wildman–Crippen MR) is 80.0 cm³/mol. The fraction of sp³-hybridized carbons (Fsp3) is 0.533. The molecule has 1 aliphatic rings. The second kappa shape index (κ2) is 6.61. The molecule has 0 aromatic heterocycles. The van der Waals surface area contributed by atoms with E-state index in [-0.39, 0.29) is 11.9 Å². The van der Waals surface area contributed by atoms with E-state index in [0.717, 1.165) is 32.5 Å². The molecule has 1 unspecified atom stereocenters. The van der Waals surface area contributed by atoms with Crippen LogP contribution in [0.3, 0.4) is 0 Å². The van der Waals surface area contributed by atoms with Gasteiger partial charge in [-0.1, -0.05) is 6.92 Å². The van der Waals surface area contributed by atoms with Gasteiger partial charge in [0.15, 0.2) is 0 Å². The zero-order chi connectivity index (χ0) is 14.5. The number of carbonyl (C=O) groups excluding carboxylic acids is 1. The Hall–Kier alpha value is -1.75. The molecule has 0 spiro atoms. The van der Waals surface area contributed by atoms with Gasteiger partial charge in [0, 0.05) is 24.3 Å². The average Bonchev–Trinajstić information content (AvgIpc) is 2.47. The van der Waals surface area contributed by atoms with Gasteiger partial charge in [-0.3, -0.25) is 4.79 Å². The van der Waals surface area contributed by atoms with Gasteiger partial charge in [-0.05, 0) is 38.1 Å². The van der Waals surface area contributed by atoms with Crippen molar-refractivity contribution in [3.8, 4) is 5.75 Å². The van der Waals surface area contributed by atoms with Gasteiger partial charge in [0.25, 0.3) is 5.91 Å². The second-order valence-corrected chi connectivity index (χ2v) is 5.16. The Kier molecular flexibility index (Phi) is 4.84. The Bertz CT molecular complexity index is 476. The van der Waals surface area contributed by atoms with Crippen LogP contribution in [0.4, 0.5) is 5.69 Å². The molecule has 5 nitrogen and oxygen atoms in total. The first kappa shape index (κ1) is 14.7. The lowest BCUT2D eigenvalue weighted by Crippen LogP contribution is -2.47. The molecule has 1 heterocycles. The second-order valence-electron chi connectivity index (χ2n) is 5.16. The van der Waals surface area contributed by atoms with Gasteiger partial charge >= 0.3 is 0 Å². The number of nitrogens with zero attached hydrogens (tertiary/aromatic N) is 1. The maximum Gasteiger partial charge on any atom is 0.253 e. The van der Waals surface area contributed by atoms with Crippen molar-refractivity contribution in [2.75, 3.05) is 32.5 Å². The first-order valence-electron chi connectivity index (χ1n) is 7.10. The SMILES string of the molecule is CCN1CCCC(NC(=O)c2ccc(OC)cc2N)C1. The molecule has 5 heteroatoms. The molecule has 1 aliphatic heterocycles. The van der Waals surface area contributed by atoms with Gasteiger partial charge in [-0.25, -0.2) is 0 Å². The van der Waals surface area contributed by atoms with Crippen LogP contribution in [0.5, 0.6) is 5.75 Å². The average molecular weight is 277 g/mol. The fourth-order valence-corrected chi connectivity index (χ4v) is 2.60. The maximum absolute atomic E-state index is 12.3. The normalized spacial score (nSPS) is 19.6. The lowest BCUT2D eigenvalue weighted by molar-refractivity contribution is 0.0906. The molecule has 0 saturated carbocycles. The van der Waals surface area contributed by atoms with Crippen LogP contribution in [-0.2, 0) is 0 Å². The van der Waals surface area contributed by atoms with Gasteiger partial charge in [0.1, 0.15) is 5.75 Å². The number of nitrogen functional groups attached to an aromatic ring is 1. The van der Waals surface area contributed by atoms with Gasteiger partial charge in [0.05, 0.1) is 12.7 Å². The van der Waals surface area contributed by atoms with E-state index in [4.69, 9.17) is 10.5 Å². The standard InChI is InChI=1S/C15H23N3O2/c1-3-18-8-4-5-11(10-18)17-15(19)13-7-6-12(20-2)9-14(13)16/h6-7,9,11H,3-5,8,10,16H2,1-2H3,(H,17,19). The third-order valence-electron chi connectivity index (χ3n) is 3.79. The van der Waals surface area contributed by atoms with Crippen LogP contribution in [0.15, 0.2) is 18.2 Å². The summed E-state index contributed by atoms with van der Waals surface area (Å²) in [6.45, 7) is 5.20. The number of nitrogens with one attached hydrogen (secondary N) is 1. The van der Waals surface area contributed by atoms with Crippen LogP contribution in [0, 0.1) is 0 Å². The Balaban J connectivity index is 2.01. The molecule has 1 atom stereocenters. The smallest absolute Gasteiger partial charge is 0.253 e. The number of ether oxygens (including phenoxy) is 1. The Morgan fingerprint density at radius 3 is 3.00 bits per heavy atom. The Morgan fingerprint density at radius 1 is 1.55 bits per heavy atom. The first-order valence-corrected chi connectivity index (χ1v) is 7.10. The Labute approximate surface area is 120 Å². The highest BCUT2D eigenvalue weighted by Gasteiger charge is 2.21. The third-order valence-corrected chi connectivity index (χ3v) is 3.79. The number of piperidine rings is 1. The number of hydrogen-bond donors (Lipinski definition) is 2. The molecule has 20 heavy (non-hydrogen) atoms. The van der Waals surface area contributed by atoms with Crippen molar-refractivity contribution in [3.05, 3.63) is 23.8 Å². The lowest BCUT2D eigenvalue weighted by Gasteiger charge is -2.32. The Morgan fingerprint density at radius 2 is 2.35 bits per heavy atom. The summed E-state index contributed by atoms with van der Waals surface area (Å²) in [6, 6.07) is 5.35. The van der Waals surface area contributed by atoms with Crippen LogP contribution < -0.4 is 15.8 Å². The number of amides is 1. The van der Waals surface area contributed by atoms with Crippen molar-refractivity contribution in [1.82, 2.24) is 10.2 Å². The van der Waals surface area contributed by atoms with Crippen LogP contribution >= 0.6 is 0 Å². The maximum atomic E-state index is 12.3. The monoisotopic (exact) mass is 277 g/mol. The minimum Gasteiger partial charge on any atom is -0.497 e. The van der Waals surface area contributed by atoms with Crippen molar-refractivity contribution in [2.45, 2.75) is 25.8 Å². The molecule has 0 aliphatic carbocycles. The number of likely N-dealkylation sites (N-methyl/N-ethyl adjacent to an activating group) is 1. The van der Waals surface area contributed by atoms with E-state index < -0.39 is 0 Å². The molecule has 1 amide bonds. The molecule has 1 saturated heterocycles. The van der Waals surface area contributed by atoms with Gasteiger partial charge < -0.3 is 20.7 Å². The number of rotatable bonds is 4. The largest absolute Gasteiger partial charge is 0.497 e. The molecule has 3 N–H and O–H groups in total. The lowest BCUT2D eigenvalue weighted by atomic mass is 10.0. The van der Waals surface area contributed by atoms with Crippen LogP contribution in [0.25, 0.3) is 0 Å². The fourth-order valence-electron chi connectivity index (χ4n) is 2.60. The van der Waals surface area contributed by atoms with Crippen LogP contribution in [0.1, 0.15) is 30.1 Å². The predicted octanol–water partition coefficient (Wildman–Crippen LogP) is 1.49. The molecular weight excluding hydrogens is 254 g/mol. The van der Waals surface area contributed by atoms with E-state index in [1.807, 2.05) is 0 Å². The minimum absolute atomic E-state index is 0.104. The third kappa shape index (κ3) is 3.42. The van der Waals surface area contributed by atoms with E-state index in [9.17, 15) is 4.79 Å². The summed E-state index contributed by atoms with van der Waals surface area (Å²) in [6.07, 6.45) is 2.15. The molecule has 1 aromatic rings. The molecular formula is C15H23N3O2. The van der Waals surface area contributed by atoms with E-state index in [0.29, 0.717) is 17.0 Å². The highest BCUT2D eigenvalue weighted by atomic mass is 16.5. The van der Waals surface area contributed by atoms with Crippen molar-refractivity contribution >= 4 is 11.6 Å². The van der Waals surface area contributed by atoms with E-state index in [2.05, 4.69) is 17.1 Å². The van der Waals surface area contributed by atoms with Crippen molar-refractivity contribution in [1.29, 1.82) is 0 Å². The van der Waals surface area contributed by atoms with Gasteiger partial charge in [-0.2, -0.15) is 0 Å². The number of benzene rings is 1. The first-order chi connectivity index (χ1) is 9.63. The minimum atomic E-state index is -0.104. The summed E-state index contributed by atoms with van der Waals surface area (Å²) in [5, 5.41) is 3.08. The number of likely N-dealkylation sites (tertiary alicyclic amines) is 1. The summed E-state index contributed by atoms with van der Waals surface area (Å²) >= 11 is 0. The number of hydrogen-bond acceptors (Lipinski definition) is 4. The molecule has 2 rings (SSSR count). The summed E-state index contributed by atoms with van der Waals surface area (Å²) in [5.74, 6) is 0.557. The molecule has 110 valence electrons. The van der Waals surface area contributed by atoms with Gasteiger partial charge in [0.2, 0.25) is 0 Å². The van der Waals surface area contributed by atoms with Crippen molar-refractivity contribution in [3.63, 3.8) is 0 Å². The highest BCUT2D eigenvalue weighted by Crippen LogP contribution is 2.20. The number of nitrogens with two attached hydrogens (primary N) is 1. The quantitative estimate of drug-likeness (QED) is 0.818. The van der Waals surface area contributed by atoms with Crippen molar-refractivity contribution < 1.29 is 9.53 Å². The van der Waals surface area contributed by atoms with Crippen molar-refractivity contribution in [2.24, 2.45) is 0 Å². The van der Waals surface area contributed by atoms with E-state index in [1.165, 1.54) is 0 Å². The van der Waals surface area contributed by atoms with Crippen LogP contribution in [0.2, 0.25) is 0 Å². The van der Waals surface area contributed by atoms with Gasteiger partial charge in [-0.15, -0.1) is 0 Å². The molecule has 1 aromatic carbocycles. The summed E-state index contributed by atoms with van der Waals surface area (Å²) in [4.78, 5) is 14.6. The summed E-state index contributed by atoms with van der Waals surface area (Å²) < 4.78 is 5.09. The topological polar surface area (TPSA) is 67.6 Å². The molecule has 1 fully saturated rings. The zero-order valence-corrected chi connectivity index (χ0v) is 12.2. The summed E-state index contributed by atoms with van der Waals surface area (Å²) in [5.41, 5.74) is 6.87. The molecule has 0 bridgehead atoms. The number of carbonyl (C=O) groups is 1. The molecule has 0 radical (unpaired) electrons.